The number of rotatable bonds is 53. The molecule has 0 rings (SSSR count). The molecule has 70 heavy (non-hydrogen) atoms. The Bertz CT molecular complexity index is 1370. The lowest BCUT2D eigenvalue weighted by molar-refractivity contribution is -0.870. The molecule has 0 aliphatic carbocycles. The number of quaternary nitrogens is 1. The summed E-state index contributed by atoms with van der Waals surface area (Å²) in [5.41, 5.74) is 0. The Hall–Kier alpha value is -2.29. The van der Waals surface area contributed by atoms with Gasteiger partial charge in [-0.15, -0.1) is 0 Å². The van der Waals surface area contributed by atoms with Crippen LogP contribution < -0.4 is 0 Å². The largest absolute Gasteiger partial charge is 0.472 e. The van der Waals surface area contributed by atoms with E-state index >= 15 is 0 Å². The Balaban J connectivity index is 4.13. The van der Waals surface area contributed by atoms with Gasteiger partial charge in [0.1, 0.15) is 19.8 Å². The summed E-state index contributed by atoms with van der Waals surface area (Å²) in [6, 6.07) is 0. The van der Waals surface area contributed by atoms with Crippen molar-refractivity contribution in [3.8, 4) is 0 Å². The van der Waals surface area contributed by atoms with Gasteiger partial charge in [0.15, 0.2) is 6.10 Å². The van der Waals surface area contributed by atoms with E-state index < -0.39 is 26.5 Å². The number of nitrogens with zero attached hydrogens (tertiary/aromatic N) is 1. The zero-order valence-electron chi connectivity index (χ0n) is 46.2. The average Bonchev–Trinajstić information content (AvgIpc) is 3.32. The Kier molecular flexibility index (Phi) is 49.9. The molecule has 9 nitrogen and oxygen atoms in total. The molecule has 408 valence electrons. The van der Waals surface area contributed by atoms with E-state index in [-0.39, 0.29) is 32.0 Å². The summed E-state index contributed by atoms with van der Waals surface area (Å²) in [5, 5.41) is 0. The zero-order chi connectivity index (χ0) is 51.3. The van der Waals surface area contributed by atoms with Crippen LogP contribution in [-0.4, -0.2) is 74.9 Å². The molecule has 0 aliphatic rings. The third-order valence-corrected chi connectivity index (χ3v) is 13.5. The van der Waals surface area contributed by atoms with Crippen molar-refractivity contribution >= 4 is 19.8 Å². The minimum Gasteiger partial charge on any atom is -0.462 e. The van der Waals surface area contributed by atoms with Gasteiger partial charge < -0.3 is 18.9 Å². The van der Waals surface area contributed by atoms with Gasteiger partial charge in [0.25, 0.3) is 0 Å². The van der Waals surface area contributed by atoms with Crippen molar-refractivity contribution < 1.29 is 42.1 Å². The topological polar surface area (TPSA) is 108 Å². The van der Waals surface area contributed by atoms with Gasteiger partial charge in [0, 0.05) is 12.8 Å². The van der Waals surface area contributed by atoms with Crippen LogP contribution in [0.5, 0.6) is 0 Å². The van der Waals surface area contributed by atoms with Gasteiger partial charge in [-0.1, -0.05) is 222 Å². The van der Waals surface area contributed by atoms with Gasteiger partial charge in [0.05, 0.1) is 27.7 Å². The van der Waals surface area contributed by atoms with Crippen molar-refractivity contribution in [2.45, 2.75) is 264 Å². The highest BCUT2D eigenvalue weighted by Crippen LogP contribution is 2.43. The van der Waals surface area contributed by atoms with E-state index in [2.05, 4.69) is 74.6 Å². The summed E-state index contributed by atoms with van der Waals surface area (Å²) >= 11 is 0. The van der Waals surface area contributed by atoms with Crippen LogP contribution in [0.3, 0.4) is 0 Å². The average molecular weight is 1010 g/mol. The summed E-state index contributed by atoms with van der Waals surface area (Å²) in [6.07, 6.45) is 65.7. The SMILES string of the molecule is CCCCC/C=C\C/C=C\CCCCCCCCCC(=O)OCC(COP(=O)(O)OCC[N+](C)(C)C)OC(=O)CCCCCCCCCCCCCCCC/C=C\C/C=C\C/C=C\CCCCCCC. The van der Waals surface area contributed by atoms with E-state index in [1.54, 1.807) is 0 Å². The van der Waals surface area contributed by atoms with Crippen LogP contribution >= 0.6 is 7.82 Å². The molecule has 0 saturated heterocycles. The fourth-order valence-corrected chi connectivity index (χ4v) is 8.74. The number of hydrogen-bond donors (Lipinski definition) is 1. The standard InChI is InChI=1S/C60H110NO8P/c1-6-8-10-12-14-16-18-20-22-24-25-26-27-28-29-30-31-32-33-34-35-37-39-41-43-45-47-49-51-53-60(63)69-58(57-68-70(64,65)67-55-54-61(3,4)5)56-66-59(62)52-50-48-46-44-42-40-38-36-23-21-19-17-15-13-11-9-7-2/h15,17-18,20-21,23-25,27-28,58H,6-14,16,19,22,26,29-57H2,1-5H3/p+1/b17-15-,20-18-,23-21-,25-24-,28-27-. The van der Waals surface area contributed by atoms with Crippen LogP contribution in [0.1, 0.15) is 258 Å². The predicted octanol–water partition coefficient (Wildman–Crippen LogP) is 17.9. The molecule has 0 amide bonds. The van der Waals surface area contributed by atoms with E-state index in [0.29, 0.717) is 17.4 Å². The van der Waals surface area contributed by atoms with E-state index in [4.69, 9.17) is 18.5 Å². The first-order valence-electron chi connectivity index (χ1n) is 29.0. The molecule has 0 saturated carbocycles. The molecular formula is C60H111NO8P+. The number of phosphoric ester groups is 1. The van der Waals surface area contributed by atoms with Gasteiger partial charge in [-0.2, -0.15) is 0 Å². The third-order valence-electron chi connectivity index (χ3n) is 12.5. The normalized spacial score (nSPS) is 13.7. The number of hydrogen-bond acceptors (Lipinski definition) is 7. The summed E-state index contributed by atoms with van der Waals surface area (Å²) in [6.45, 7) is 4.40. The van der Waals surface area contributed by atoms with Gasteiger partial charge in [-0.25, -0.2) is 4.57 Å². The van der Waals surface area contributed by atoms with E-state index in [0.717, 1.165) is 70.6 Å². The Morgan fingerprint density at radius 3 is 1.17 bits per heavy atom. The Morgan fingerprint density at radius 1 is 0.443 bits per heavy atom. The number of unbranched alkanes of at least 4 members (excludes halogenated alkanes) is 29. The van der Waals surface area contributed by atoms with Gasteiger partial charge >= 0.3 is 19.8 Å². The molecule has 0 radical (unpaired) electrons. The van der Waals surface area contributed by atoms with E-state index in [1.807, 2.05) is 21.1 Å². The molecule has 2 unspecified atom stereocenters. The van der Waals surface area contributed by atoms with Gasteiger partial charge in [-0.05, 0) is 83.5 Å². The summed E-state index contributed by atoms with van der Waals surface area (Å²) < 4.78 is 34.5. The van der Waals surface area contributed by atoms with Gasteiger partial charge in [0.2, 0.25) is 0 Å². The highest BCUT2D eigenvalue weighted by atomic mass is 31.2. The zero-order valence-corrected chi connectivity index (χ0v) is 47.1. The van der Waals surface area contributed by atoms with Gasteiger partial charge in [-0.3, -0.25) is 18.6 Å². The second-order valence-electron chi connectivity index (χ2n) is 20.7. The minimum absolute atomic E-state index is 0.0291. The molecule has 10 heteroatoms. The minimum atomic E-state index is -4.39. The van der Waals surface area contributed by atoms with Crippen molar-refractivity contribution in [1.82, 2.24) is 0 Å². The van der Waals surface area contributed by atoms with Crippen LogP contribution in [0.15, 0.2) is 60.8 Å². The molecule has 2 atom stereocenters. The maximum Gasteiger partial charge on any atom is 0.472 e. The predicted molar refractivity (Wildman–Crippen MR) is 298 cm³/mol. The van der Waals surface area contributed by atoms with Crippen LogP contribution in [0.2, 0.25) is 0 Å². The fourth-order valence-electron chi connectivity index (χ4n) is 7.99. The summed E-state index contributed by atoms with van der Waals surface area (Å²) in [4.78, 5) is 35.7. The van der Waals surface area contributed by atoms with E-state index in [1.165, 1.54) is 154 Å². The first-order chi connectivity index (χ1) is 34.0. The maximum atomic E-state index is 12.8. The molecule has 0 bridgehead atoms. The van der Waals surface area contributed by atoms with Crippen molar-refractivity contribution in [3.05, 3.63) is 60.8 Å². The number of esters is 2. The maximum absolute atomic E-state index is 12.8. The number of carbonyl (C=O) groups excluding carboxylic acids is 2. The van der Waals surface area contributed by atoms with Crippen molar-refractivity contribution in [2.24, 2.45) is 0 Å². The quantitative estimate of drug-likeness (QED) is 0.0211. The molecule has 0 heterocycles. The number of ether oxygens (including phenoxy) is 2. The lowest BCUT2D eigenvalue weighted by Crippen LogP contribution is -2.37. The van der Waals surface area contributed by atoms with Crippen molar-refractivity contribution in [2.75, 3.05) is 47.5 Å². The highest BCUT2D eigenvalue weighted by molar-refractivity contribution is 7.47. The monoisotopic (exact) mass is 1000 g/mol. The molecule has 0 aromatic rings. The smallest absolute Gasteiger partial charge is 0.462 e. The first kappa shape index (κ1) is 67.7. The van der Waals surface area contributed by atoms with Crippen LogP contribution in [0.25, 0.3) is 0 Å². The number of allylic oxidation sites excluding steroid dienone is 10. The number of likely N-dealkylation sites (N-methyl/N-ethyl adjacent to an activating group) is 1. The second-order valence-corrected chi connectivity index (χ2v) is 22.1. The Morgan fingerprint density at radius 2 is 0.771 bits per heavy atom. The van der Waals surface area contributed by atoms with Crippen molar-refractivity contribution in [1.29, 1.82) is 0 Å². The molecule has 0 spiro atoms. The van der Waals surface area contributed by atoms with E-state index in [9.17, 15) is 19.0 Å². The lowest BCUT2D eigenvalue weighted by atomic mass is 10.0. The molecular weight excluding hydrogens is 894 g/mol. The molecule has 0 aliphatic heterocycles. The van der Waals surface area contributed by atoms with Crippen molar-refractivity contribution in [3.63, 3.8) is 0 Å². The third kappa shape index (κ3) is 55.0. The summed E-state index contributed by atoms with van der Waals surface area (Å²) in [7, 11) is 1.47. The molecule has 0 aromatic heterocycles. The summed E-state index contributed by atoms with van der Waals surface area (Å²) in [5.74, 6) is -0.802. The number of phosphoric acid groups is 1. The Labute approximate surface area is 432 Å². The molecule has 1 N–H and O–H groups in total. The van der Waals surface area contributed by atoms with Crippen LogP contribution in [0, 0.1) is 0 Å². The second kappa shape index (κ2) is 51.6. The van der Waals surface area contributed by atoms with Crippen LogP contribution in [0.4, 0.5) is 0 Å². The number of carbonyl (C=O) groups is 2. The molecule has 0 fully saturated rings. The lowest BCUT2D eigenvalue weighted by Gasteiger charge is -2.24. The highest BCUT2D eigenvalue weighted by Gasteiger charge is 2.27. The van der Waals surface area contributed by atoms with Crippen LogP contribution in [-0.2, 0) is 32.7 Å². The fraction of sp³-hybridized carbons (Fsp3) is 0.800. The molecule has 0 aromatic carbocycles. The first-order valence-corrected chi connectivity index (χ1v) is 30.5.